The van der Waals surface area contributed by atoms with E-state index in [9.17, 15) is 4.79 Å². The first kappa shape index (κ1) is 13.7. The van der Waals surface area contributed by atoms with Crippen LogP contribution in [-0.4, -0.2) is 10.3 Å². The third-order valence-electron chi connectivity index (χ3n) is 4.64. The molecule has 20 heavy (non-hydrogen) atoms. The molecule has 106 valence electrons. The SMILES string of the molecule is O=c1ccn(CC2(CS)CCCCC2)c2ccccc12. The first-order valence-electron chi connectivity index (χ1n) is 7.43. The van der Waals surface area contributed by atoms with Crippen molar-refractivity contribution in [3.05, 3.63) is 46.8 Å². The highest BCUT2D eigenvalue weighted by atomic mass is 32.1. The van der Waals surface area contributed by atoms with Crippen molar-refractivity contribution in [2.24, 2.45) is 5.41 Å². The third-order valence-corrected chi connectivity index (χ3v) is 5.31. The largest absolute Gasteiger partial charge is 0.347 e. The Bertz CT molecular complexity index is 655. The summed E-state index contributed by atoms with van der Waals surface area (Å²) >= 11 is 4.62. The molecule has 3 heteroatoms. The zero-order chi connectivity index (χ0) is 14.0. The smallest absolute Gasteiger partial charge is 0.189 e. The number of thiol groups is 1. The first-order valence-corrected chi connectivity index (χ1v) is 8.06. The maximum Gasteiger partial charge on any atom is 0.189 e. The van der Waals surface area contributed by atoms with Gasteiger partial charge in [0, 0.05) is 24.2 Å². The topological polar surface area (TPSA) is 22.0 Å². The molecule has 0 spiro atoms. The van der Waals surface area contributed by atoms with Gasteiger partial charge in [0.05, 0.1) is 5.52 Å². The van der Waals surface area contributed by atoms with Crippen LogP contribution in [0.1, 0.15) is 32.1 Å². The van der Waals surface area contributed by atoms with Crippen LogP contribution < -0.4 is 5.43 Å². The summed E-state index contributed by atoms with van der Waals surface area (Å²) in [6, 6.07) is 9.60. The van der Waals surface area contributed by atoms with Gasteiger partial charge in [0.15, 0.2) is 5.43 Å². The van der Waals surface area contributed by atoms with Crippen LogP contribution >= 0.6 is 12.6 Å². The number of pyridine rings is 1. The molecule has 1 aliphatic rings. The van der Waals surface area contributed by atoms with Crippen LogP contribution in [0, 0.1) is 5.41 Å². The maximum absolute atomic E-state index is 11.9. The third kappa shape index (κ3) is 2.51. The van der Waals surface area contributed by atoms with Crippen molar-refractivity contribution in [2.45, 2.75) is 38.6 Å². The van der Waals surface area contributed by atoms with Crippen molar-refractivity contribution < 1.29 is 0 Å². The number of benzene rings is 1. The molecule has 2 nitrogen and oxygen atoms in total. The summed E-state index contributed by atoms with van der Waals surface area (Å²) < 4.78 is 2.25. The molecule has 1 aromatic heterocycles. The molecule has 0 amide bonds. The van der Waals surface area contributed by atoms with E-state index >= 15 is 0 Å². The number of aromatic nitrogens is 1. The van der Waals surface area contributed by atoms with Crippen LogP contribution in [0.15, 0.2) is 41.3 Å². The zero-order valence-corrected chi connectivity index (χ0v) is 12.6. The van der Waals surface area contributed by atoms with E-state index in [-0.39, 0.29) is 5.43 Å². The number of nitrogens with zero attached hydrogens (tertiary/aromatic N) is 1. The van der Waals surface area contributed by atoms with Crippen molar-refractivity contribution in [3.63, 3.8) is 0 Å². The quantitative estimate of drug-likeness (QED) is 0.850. The van der Waals surface area contributed by atoms with Crippen LogP contribution in [0.4, 0.5) is 0 Å². The van der Waals surface area contributed by atoms with E-state index < -0.39 is 0 Å². The number of fused-ring (bicyclic) bond motifs is 1. The molecule has 0 bridgehead atoms. The van der Waals surface area contributed by atoms with Crippen molar-refractivity contribution in [1.29, 1.82) is 0 Å². The van der Waals surface area contributed by atoms with E-state index in [2.05, 4.69) is 17.2 Å². The number of hydrogen-bond acceptors (Lipinski definition) is 2. The molecular formula is C17H21NOS. The predicted molar refractivity (Wildman–Crippen MR) is 87.6 cm³/mol. The van der Waals surface area contributed by atoms with Crippen molar-refractivity contribution in [1.82, 2.24) is 4.57 Å². The lowest BCUT2D eigenvalue weighted by molar-refractivity contribution is 0.192. The summed E-state index contributed by atoms with van der Waals surface area (Å²) in [6.07, 6.45) is 8.40. The lowest BCUT2D eigenvalue weighted by Crippen LogP contribution is -2.31. The van der Waals surface area contributed by atoms with Crippen molar-refractivity contribution in [2.75, 3.05) is 5.75 Å². The predicted octanol–water partition coefficient (Wildman–Crippen LogP) is 3.88. The van der Waals surface area contributed by atoms with Crippen LogP contribution in [-0.2, 0) is 6.54 Å². The van der Waals surface area contributed by atoms with Crippen LogP contribution in [0.25, 0.3) is 10.9 Å². The Balaban J connectivity index is 2.02. The normalized spacial score (nSPS) is 18.2. The molecule has 0 radical (unpaired) electrons. The highest BCUT2D eigenvalue weighted by molar-refractivity contribution is 7.80. The summed E-state index contributed by atoms with van der Waals surface area (Å²) in [5.41, 5.74) is 1.45. The Morgan fingerprint density at radius 1 is 1.10 bits per heavy atom. The molecule has 0 unspecified atom stereocenters. The molecule has 1 aliphatic carbocycles. The molecule has 0 saturated heterocycles. The highest BCUT2D eigenvalue weighted by Crippen LogP contribution is 2.39. The van der Waals surface area contributed by atoms with E-state index in [1.54, 1.807) is 6.07 Å². The summed E-state index contributed by atoms with van der Waals surface area (Å²) in [5.74, 6) is 0.924. The molecule has 0 N–H and O–H groups in total. The minimum atomic E-state index is 0.111. The van der Waals surface area contributed by atoms with Gasteiger partial charge < -0.3 is 4.57 Å². The Labute approximate surface area is 125 Å². The van der Waals surface area contributed by atoms with E-state index in [1.165, 1.54) is 32.1 Å². The summed E-state index contributed by atoms with van der Waals surface area (Å²) in [6.45, 7) is 0.970. The molecular weight excluding hydrogens is 266 g/mol. The average molecular weight is 287 g/mol. The first-order chi connectivity index (χ1) is 9.74. The summed E-state index contributed by atoms with van der Waals surface area (Å²) in [7, 11) is 0. The van der Waals surface area contributed by atoms with Gasteiger partial charge in [-0.2, -0.15) is 12.6 Å². The molecule has 1 fully saturated rings. The minimum absolute atomic E-state index is 0.111. The van der Waals surface area contributed by atoms with Gasteiger partial charge in [-0.15, -0.1) is 0 Å². The monoisotopic (exact) mass is 287 g/mol. The molecule has 2 aromatic rings. The van der Waals surface area contributed by atoms with E-state index in [0.29, 0.717) is 5.41 Å². The standard InChI is InChI=1S/C17H21NOS/c19-16-8-11-18(15-7-3-2-6-14(15)16)12-17(13-20)9-4-1-5-10-17/h2-3,6-8,11,20H,1,4-5,9-10,12-13H2. The van der Waals surface area contributed by atoms with Gasteiger partial charge in [-0.05, 0) is 36.1 Å². The van der Waals surface area contributed by atoms with Crippen LogP contribution in [0.5, 0.6) is 0 Å². The number of rotatable bonds is 3. The lowest BCUT2D eigenvalue weighted by Gasteiger charge is -2.37. The summed E-state index contributed by atoms with van der Waals surface area (Å²) in [4.78, 5) is 11.9. The summed E-state index contributed by atoms with van der Waals surface area (Å²) in [5, 5.41) is 0.820. The Hall–Kier alpha value is -1.22. The van der Waals surface area contributed by atoms with E-state index in [1.807, 2.05) is 30.5 Å². The second kappa shape index (κ2) is 5.65. The van der Waals surface area contributed by atoms with Gasteiger partial charge >= 0.3 is 0 Å². The minimum Gasteiger partial charge on any atom is -0.347 e. The Kier molecular flexibility index (Phi) is 3.88. The van der Waals surface area contributed by atoms with Crippen molar-refractivity contribution >= 4 is 23.5 Å². The molecule has 0 aliphatic heterocycles. The second-order valence-corrected chi connectivity index (χ2v) is 6.36. The fourth-order valence-electron chi connectivity index (χ4n) is 3.43. The molecule has 0 atom stereocenters. The second-order valence-electron chi connectivity index (χ2n) is 6.04. The van der Waals surface area contributed by atoms with Gasteiger partial charge in [0.25, 0.3) is 0 Å². The fourth-order valence-corrected chi connectivity index (χ4v) is 3.84. The fraction of sp³-hybridized carbons (Fsp3) is 0.471. The van der Waals surface area contributed by atoms with Gasteiger partial charge in [-0.25, -0.2) is 0 Å². The molecule has 3 rings (SSSR count). The van der Waals surface area contributed by atoms with E-state index in [0.717, 1.165) is 23.2 Å². The van der Waals surface area contributed by atoms with Gasteiger partial charge in [0.2, 0.25) is 0 Å². The Morgan fingerprint density at radius 2 is 1.85 bits per heavy atom. The lowest BCUT2D eigenvalue weighted by atomic mass is 9.75. The highest BCUT2D eigenvalue weighted by Gasteiger charge is 2.31. The molecule has 1 saturated carbocycles. The number of para-hydroxylation sites is 1. The Morgan fingerprint density at radius 3 is 2.60 bits per heavy atom. The van der Waals surface area contributed by atoms with Gasteiger partial charge in [-0.3, -0.25) is 4.79 Å². The molecule has 1 heterocycles. The zero-order valence-electron chi connectivity index (χ0n) is 11.7. The maximum atomic E-state index is 11.9. The van der Waals surface area contributed by atoms with E-state index in [4.69, 9.17) is 0 Å². The van der Waals surface area contributed by atoms with Crippen LogP contribution in [0.2, 0.25) is 0 Å². The van der Waals surface area contributed by atoms with Crippen molar-refractivity contribution in [3.8, 4) is 0 Å². The molecule has 1 aromatic carbocycles. The van der Waals surface area contributed by atoms with Gasteiger partial charge in [0.1, 0.15) is 0 Å². The average Bonchev–Trinajstić information content (AvgIpc) is 2.51. The van der Waals surface area contributed by atoms with Gasteiger partial charge in [-0.1, -0.05) is 31.4 Å². The number of hydrogen-bond donors (Lipinski definition) is 1. The van der Waals surface area contributed by atoms with Crippen LogP contribution in [0.3, 0.4) is 0 Å².